The Labute approximate surface area is 71.5 Å². The molecule has 1 aliphatic carbocycles. The van der Waals surface area contributed by atoms with Crippen LogP contribution in [0, 0.1) is 11.8 Å². The first kappa shape index (κ1) is 8.60. The van der Waals surface area contributed by atoms with E-state index in [-0.39, 0.29) is 11.3 Å². The van der Waals surface area contributed by atoms with E-state index in [2.05, 4.69) is 18.2 Å². The second-order valence-electron chi connectivity index (χ2n) is 2.92. The summed E-state index contributed by atoms with van der Waals surface area (Å²) in [5.74, 6) is 0.638. The van der Waals surface area contributed by atoms with E-state index in [9.17, 15) is 0 Å². The molecule has 3 atom stereocenters. The van der Waals surface area contributed by atoms with E-state index in [1.807, 2.05) is 6.08 Å². The van der Waals surface area contributed by atoms with Gasteiger partial charge in [-0.3, -0.25) is 0 Å². The molecule has 3 unspecified atom stereocenters. The van der Waals surface area contributed by atoms with Crippen LogP contribution in [0.3, 0.4) is 0 Å². The lowest BCUT2D eigenvalue weighted by atomic mass is 9.90. The van der Waals surface area contributed by atoms with E-state index in [4.69, 9.17) is 16.8 Å². The molecule has 62 valence electrons. The number of hydrogen-bond donors (Lipinski definition) is 1. The summed E-state index contributed by atoms with van der Waals surface area (Å²) in [5.41, 5.74) is 0. The molecule has 3 heteroatoms. The molecule has 0 saturated carbocycles. The van der Waals surface area contributed by atoms with Crippen LogP contribution in [0.5, 0.6) is 0 Å². The minimum atomic E-state index is 0.169. The lowest BCUT2D eigenvalue weighted by Crippen LogP contribution is -2.19. The molecule has 0 aromatic rings. The van der Waals surface area contributed by atoms with Gasteiger partial charge >= 0.3 is 0 Å². The van der Waals surface area contributed by atoms with Crippen LogP contribution in [-0.2, 0) is 0 Å². The van der Waals surface area contributed by atoms with Crippen molar-refractivity contribution < 1.29 is 5.21 Å². The van der Waals surface area contributed by atoms with E-state index >= 15 is 0 Å². The Bertz CT molecular complexity index is 179. The van der Waals surface area contributed by atoms with Gasteiger partial charge in [0.1, 0.15) is 0 Å². The molecule has 0 spiro atoms. The predicted molar refractivity (Wildman–Crippen MR) is 46.3 cm³/mol. The van der Waals surface area contributed by atoms with Crippen molar-refractivity contribution in [1.82, 2.24) is 0 Å². The van der Waals surface area contributed by atoms with Crippen LogP contribution >= 0.6 is 11.6 Å². The van der Waals surface area contributed by atoms with Crippen LogP contribution in [-0.4, -0.2) is 16.8 Å². The monoisotopic (exact) mass is 173 g/mol. The average molecular weight is 174 g/mol. The Morgan fingerprint density at radius 3 is 2.91 bits per heavy atom. The first-order chi connectivity index (χ1) is 5.24. The van der Waals surface area contributed by atoms with Gasteiger partial charge in [-0.05, 0) is 12.3 Å². The number of allylic oxidation sites excluding steroid dienone is 2. The maximum absolute atomic E-state index is 8.26. The van der Waals surface area contributed by atoms with Crippen LogP contribution in [0.1, 0.15) is 13.3 Å². The highest BCUT2D eigenvalue weighted by Crippen LogP contribution is 2.25. The van der Waals surface area contributed by atoms with Crippen LogP contribution in [0.25, 0.3) is 0 Å². The predicted octanol–water partition coefficient (Wildman–Crippen LogP) is 2.27. The third-order valence-corrected chi connectivity index (χ3v) is 2.56. The van der Waals surface area contributed by atoms with Crippen molar-refractivity contribution in [2.75, 3.05) is 0 Å². The number of nitrogens with zero attached hydrogens (tertiary/aromatic N) is 1. The SMILES string of the molecule is CC1C=CC(C=NO)CC1Cl. The normalized spacial score (nSPS) is 38.2. The zero-order valence-corrected chi connectivity index (χ0v) is 7.20. The van der Waals surface area contributed by atoms with Gasteiger partial charge in [0.05, 0.1) is 6.21 Å². The molecular weight excluding hydrogens is 162 g/mol. The summed E-state index contributed by atoms with van der Waals surface area (Å²) in [6.07, 6.45) is 6.47. The quantitative estimate of drug-likeness (QED) is 0.213. The Balaban J connectivity index is 2.56. The van der Waals surface area contributed by atoms with Gasteiger partial charge in [-0.25, -0.2) is 0 Å². The molecular formula is C8H12ClNO. The topological polar surface area (TPSA) is 32.6 Å². The molecule has 1 rings (SSSR count). The average Bonchev–Trinajstić information content (AvgIpc) is 1.98. The van der Waals surface area contributed by atoms with Crippen molar-refractivity contribution >= 4 is 17.8 Å². The number of halogens is 1. The van der Waals surface area contributed by atoms with Crippen molar-refractivity contribution in [3.05, 3.63) is 12.2 Å². The number of oxime groups is 1. The first-order valence-electron chi connectivity index (χ1n) is 3.74. The van der Waals surface area contributed by atoms with E-state index in [1.165, 1.54) is 6.21 Å². The third-order valence-electron chi connectivity index (χ3n) is 1.99. The number of alkyl halides is 1. The molecule has 0 aromatic heterocycles. The zero-order chi connectivity index (χ0) is 8.27. The maximum atomic E-state index is 8.26. The molecule has 0 bridgehead atoms. The minimum Gasteiger partial charge on any atom is -0.411 e. The minimum absolute atomic E-state index is 0.169. The second kappa shape index (κ2) is 3.77. The third kappa shape index (κ3) is 2.22. The van der Waals surface area contributed by atoms with E-state index in [1.54, 1.807) is 0 Å². The molecule has 0 amide bonds. The summed E-state index contributed by atoms with van der Waals surface area (Å²) in [7, 11) is 0. The van der Waals surface area contributed by atoms with E-state index < -0.39 is 0 Å². The molecule has 0 fully saturated rings. The van der Waals surface area contributed by atoms with Gasteiger partial charge in [-0.15, -0.1) is 16.8 Å². The van der Waals surface area contributed by atoms with Gasteiger partial charge in [0.25, 0.3) is 0 Å². The van der Waals surface area contributed by atoms with E-state index in [0.29, 0.717) is 5.92 Å². The molecule has 0 heterocycles. The highest BCUT2D eigenvalue weighted by atomic mass is 35.5. The van der Waals surface area contributed by atoms with Gasteiger partial charge in [-0.2, -0.15) is 0 Å². The van der Waals surface area contributed by atoms with Crippen LogP contribution in [0.2, 0.25) is 0 Å². The van der Waals surface area contributed by atoms with E-state index in [0.717, 1.165) is 6.42 Å². The Morgan fingerprint density at radius 2 is 2.36 bits per heavy atom. The van der Waals surface area contributed by atoms with Crippen LogP contribution in [0.4, 0.5) is 0 Å². The molecule has 2 nitrogen and oxygen atoms in total. The standard InChI is InChI=1S/C8H12ClNO/c1-6-2-3-7(5-10-11)4-8(6)9/h2-3,5-8,11H,4H2,1H3. The number of rotatable bonds is 1. The van der Waals surface area contributed by atoms with Gasteiger partial charge in [0.2, 0.25) is 0 Å². The molecule has 0 aliphatic heterocycles. The lowest BCUT2D eigenvalue weighted by molar-refractivity contribution is 0.318. The summed E-state index contributed by atoms with van der Waals surface area (Å²) < 4.78 is 0. The first-order valence-corrected chi connectivity index (χ1v) is 4.17. The van der Waals surface area contributed by atoms with Gasteiger partial charge in [-0.1, -0.05) is 19.1 Å². The largest absolute Gasteiger partial charge is 0.411 e. The fourth-order valence-corrected chi connectivity index (χ4v) is 1.48. The Morgan fingerprint density at radius 1 is 1.64 bits per heavy atom. The highest BCUT2D eigenvalue weighted by Gasteiger charge is 2.20. The zero-order valence-electron chi connectivity index (χ0n) is 6.44. The Hall–Kier alpha value is -0.500. The van der Waals surface area contributed by atoms with Crippen molar-refractivity contribution in [3.63, 3.8) is 0 Å². The smallest absolute Gasteiger partial charge is 0.0505 e. The fourth-order valence-electron chi connectivity index (χ4n) is 1.19. The van der Waals surface area contributed by atoms with Gasteiger partial charge in [0, 0.05) is 11.3 Å². The molecule has 1 aliphatic rings. The van der Waals surface area contributed by atoms with Crippen molar-refractivity contribution in [2.24, 2.45) is 17.0 Å². The van der Waals surface area contributed by atoms with Crippen molar-refractivity contribution in [2.45, 2.75) is 18.7 Å². The van der Waals surface area contributed by atoms with Crippen LogP contribution in [0.15, 0.2) is 17.3 Å². The summed E-state index contributed by atoms with van der Waals surface area (Å²) in [6.45, 7) is 2.08. The summed E-state index contributed by atoms with van der Waals surface area (Å²) in [6, 6.07) is 0. The summed E-state index contributed by atoms with van der Waals surface area (Å²) >= 11 is 6.00. The Kier molecular flexibility index (Phi) is 2.94. The summed E-state index contributed by atoms with van der Waals surface area (Å²) in [4.78, 5) is 0. The van der Waals surface area contributed by atoms with Crippen molar-refractivity contribution in [1.29, 1.82) is 0 Å². The van der Waals surface area contributed by atoms with Crippen LogP contribution < -0.4 is 0 Å². The molecule has 0 radical (unpaired) electrons. The van der Waals surface area contributed by atoms with Crippen molar-refractivity contribution in [3.8, 4) is 0 Å². The second-order valence-corrected chi connectivity index (χ2v) is 3.48. The molecule has 0 aromatic carbocycles. The number of hydrogen-bond acceptors (Lipinski definition) is 2. The van der Waals surface area contributed by atoms with Gasteiger partial charge in [0.15, 0.2) is 0 Å². The molecule has 1 N–H and O–H groups in total. The molecule has 0 saturated heterocycles. The fraction of sp³-hybridized carbons (Fsp3) is 0.625. The lowest BCUT2D eigenvalue weighted by Gasteiger charge is -2.22. The molecule has 11 heavy (non-hydrogen) atoms. The van der Waals surface area contributed by atoms with Gasteiger partial charge < -0.3 is 5.21 Å². The maximum Gasteiger partial charge on any atom is 0.0505 e. The summed E-state index contributed by atoms with van der Waals surface area (Å²) in [5, 5.41) is 11.4. The highest BCUT2D eigenvalue weighted by molar-refractivity contribution is 6.21.